The molecule has 1 aliphatic carbocycles. The van der Waals surface area contributed by atoms with E-state index in [1.54, 1.807) is 11.3 Å². The molecule has 0 spiro atoms. The first-order valence-electron chi connectivity index (χ1n) is 9.81. The van der Waals surface area contributed by atoms with Gasteiger partial charge in [-0.2, -0.15) is 0 Å². The van der Waals surface area contributed by atoms with Crippen LogP contribution in [-0.4, -0.2) is 29.8 Å². The topological polar surface area (TPSA) is 49.4 Å². The molecule has 4 nitrogen and oxygen atoms in total. The summed E-state index contributed by atoms with van der Waals surface area (Å²) in [6.07, 6.45) is 5.18. The van der Waals surface area contributed by atoms with Crippen LogP contribution >= 0.6 is 22.7 Å². The molecule has 0 saturated carbocycles. The van der Waals surface area contributed by atoms with Gasteiger partial charge in [-0.05, 0) is 60.9 Å². The van der Waals surface area contributed by atoms with Gasteiger partial charge >= 0.3 is 0 Å². The Balaban J connectivity index is 1.65. The third-order valence-electron chi connectivity index (χ3n) is 5.77. The van der Waals surface area contributed by atoms with Crippen molar-refractivity contribution >= 4 is 39.5 Å². The highest BCUT2D eigenvalue weighted by Crippen LogP contribution is 2.41. The summed E-state index contributed by atoms with van der Waals surface area (Å²) in [6.45, 7) is 6.15. The lowest BCUT2D eigenvalue weighted by atomic mass is 9.88. The summed E-state index contributed by atoms with van der Waals surface area (Å²) in [5.74, 6) is 1.31. The minimum Gasteiger partial charge on any atom is -0.339 e. The number of nitrogens with one attached hydrogen (secondary N) is 1. The molecule has 0 bridgehead atoms. The van der Waals surface area contributed by atoms with E-state index in [1.165, 1.54) is 21.8 Å². The van der Waals surface area contributed by atoms with Crippen LogP contribution in [0.5, 0.6) is 0 Å². The van der Waals surface area contributed by atoms with Crippen molar-refractivity contribution < 1.29 is 9.59 Å². The van der Waals surface area contributed by atoms with Crippen LogP contribution in [0.4, 0.5) is 5.00 Å². The zero-order valence-electron chi connectivity index (χ0n) is 15.9. The Morgan fingerprint density at radius 1 is 1.15 bits per heavy atom. The van der Waals surface area contributed by atoms with Crippen molar-refractivity contribution in [2.24, 2.45) is 11.8 Å². The first-order chi connectivity index (χ1) is 13.0. The first kappa shape index (κ1) is 18.7. The number of thiophene rings is 2. The van der Waals surface area contributed by atoms with Crippen LogP contribution in [0.2, 0.25) is 0 Å². The number of amides is 2. The van der Waals surface area contributed by atoms with Crippen molar-refractivity contribution in [1.82, 2.24) is 4.90 Å². The molecule has 1 saturated heterocycles. The van der Waals surface area contributed by atoms with E-state index in [0.717, 1.165) is 55.8 Å². The predicted octanol–water partition coefficient (Wildman–Crippen LogP) is 5.06. The van der Waals surface area contributed by atoms with E-state index in [4.69, 9.17) is 0 Å². The summed E-state index contributed by atoms with van der Waals surface area (Å²) in [7, 11) is 0. The average molecular weight is 403 g/mol. The van der Waals surface area contributed by atoms with Gasteiger partial charge in [0.05, 0.1) is 10.4 Å². The maximum atomic E-state index is 13.4. The maximum Gasteiger partial charge on any atom is 0.266 e. The molecule has 4 rings (SSSR count). The lowest BCUT2D eigenvalue weighted by molar-refractivity contribution is 0.0697. The number of nitrogens with zero attached hydrogens (tertiary/aromatic N) is 1. The fraction of sp³-hybridized carbons (Fsp3) is 0.524. The van der Waals surface area contributed by atoms with Crippen molar-refractivity contribution in [3.05, 3.63) is 38.4 Å². The number of hydrogen-bond acceptors (Lipinski definition) is 4. The SMILES string of the molecule is CC1CCN(C(=O)c2c(NC(=O)c3cccs3)sc3c2CC[C@@H](C)C3)CC1. The van der Waals surface area contributed by atoms with E-state index < -0.39 is 0 Å². The number of rotatable bonds is 3. The Bertz CT molecular complexity index is 833. The van der Waals surface area contributed by atoms with Gasteiger partial charge in [-0.3, -0.25) is 9.59 Å². The van der Waals surface area contributed by atoms with E-state index in [2.05, 4.69) is 19.2 Å². The molecular weight excluding hydrogens is 376 g/mol. The zero-order chi connectivity index (χ0) is 19.0. The van der Waals surface area contributed by atoms with Crippen LogP contribution in [-0.2, 0) is 12.8 Å². The lowest BCUT2D eigenvalue weighted by Crippen LogP contribution is -2.38. The fourth-order valence-electron chi connectivity index (χ4n) is 4.01. The predicted molar refractivity (Wildman–Crippen MR) is 112 cm³/mol. The number of carbonyl (C=O) groups is 2. The molecule has 0 aromatic carbocycles. The molecule has 1 aliphatic heterocycles. The number of fused-ring (bicyclic) bond motifs is 1. The molecule has 0 radical (unpaired) electrons. The second-order valence-electron chi connectivity index (χ2n) is 7.96. The third kappa shape index (κ3) is 3.83. The van der Waals surface area contributed by atoms with Gasteiger partial charge in [0, 0.05) is 18.0 Å². The van der Waals surface area contributed by atoms with E-state index in [0.29, 0.717) is 16.7 Å². The van der Waals surface area contributed by atoms with Gasteiger partial charge in [-0.25, -0.2) is 0 Å². The monoisotopic (exact) mass is 402 g/mol. The molecule has 6 heteroatoms. The van der Waals surface area contributed by atoms with Gasteiger partial charge in [-0.1, -0.05) is 19.9 Å². The molecule has 0 unspecified atom stereocenters. The Kier molecular flexibility index (Phi) is 5.37. The van der Waals surface area contributed by atoms with Crippen LogP contribution in [0, 0.1) is 11.8 Å². The highest BCUT2D eigenvalue weighted by Gasteiger charge is 2.32. The molecule has 3 heterocycles. The summed E-state index contributed by atoms with van der Waals surface area (Å²) < 4.78 is 0. The number of likely N-dealkylation sites (tertiary alicyclic amines) is 1. The average Bonchev–Trinajstić information content (AvgIpc) is 3.29. The minimum atomic E-state index is -0.113. The van der Waals surface area contributed by atoms with Crippen molar-refractivity contribution in [3.8, 4) is 0 Å². The van der Waals surface area contributed by atoms with Crippen LogP contribution in [0.3, 0.4) is 0 Å². The quantitative estimate of drug-likeness (QED) is 0.780. The standard InChI is InChI=1S/C21H26N2O2S2/c1-13-7-9-23(10-8-13)21(25)18-15-6-5-14(2)12-17(15)27-20(18)22-19(24)16-4-3-11-26-16/h3-4,11,13-14H,5-10,12H2,1-2H3,(H,22,24)/t14-/m1/s1. The Labute approximate surface area is 168 Å². The second-order valence-corrected chi connectivity index (χ2v) is 10.0. The summed E-state index contributed by atoms with van der Waals surface area (Å²) in [5.41, 5.74) is 1.95. The fourth-order valence-corrected chi connectivity index (χ4v) is 6.02. The van der Waals surface area contributed by atoms with E-state index in [9.17, 15) is 9.59 Å². The van der Waals surface area contributed by atoms with Crippen molar-refractivity contribution in [1.29, 1.82) is 0 Å². The molecule has 2 aromatic heterocycles. The molecule has 1 fully saturated rings. The van der Waals surface area contributed by atoms with Gasteiger partial charge in [0.2, 0.25) is 0 Å². The van der Waals surface area contributed by atoms with Crippen LogP contribution < -0.4 is 5.32 Å². The summed E-state index contributed by atoms with van der Waals surface area (Å²) in [4.78, 5) is 30.0. The lowest BCUT2D eigenvalue weighted by Gasteiger charge is -2.31. The van der Waals surface area contributed by atoms with Crippen LogP contribution in [0.15, 0.2) is 17.5 Å². The number of piperidine rings is 1. The zero-order valence-corrected chi connectivity index (χ0v) is 17.5. The molecule has 1 atom stereocenters. The maximum absolute atomic E-state index is 13.4. The number of anilines is 1. The Morgan fingerprint density at radius 2 is 1.93 bits per heavy atom. The molecule has 144 valence electrons. The molecule has 2 aromatic rings. The second kappa shape index (κ2) is 7.76. The summed E-state index contributed by atoms with van der Waals surface area (Å²) in [5, 5.41) is 5.70. The van der Waals surface area contributed by atoms with Crippen molar-refractivity contribution in [2.75, 3.05) is 18.4 Å². The van der Waals surface area contributed by atoms with Crippen LogP contribution in [0.1, 0.15) is 63.6 Å². The van der Waals surface area contributed by atoms with Crippen molar-refractivity contribution in [2.45, 2.75) is 46.0 Å². The Morgan fingerprint density at radius 3 is 2.63 bits per heavy atom. The first-order valence-corrected chi connectivity index (χ1v) is 11.5. The molecule has 2 aliphatic rings. The highest BCUT2D eigenvalue weighted by atomic mass is 32.1. The van der Waals surface area contributed by atoms with Gasteiger partial charge in [0.25, 0.3) is 11.8 Å². The van der Waals surface area contributed by atoms with Gasteiger partial charge in [0.1, 0.15) is 5.00 Å². The number of hydrogen-bond donors (Lipinski definition) is 1. The normalized spacial score (nSPS) is 20.4. The summed E-state index contributed by atoms with van der Waals surface area (Å²) >= 11 is 3.03. The highest BCUT2D eigenvalue weighted by molar-refractivity contribution is 7.17. The largest absolute Gasteiger partial charge is 0.339 e. The Hall–Kier alpha value is -1.66. The molecular formula is C21H26N2O2S2. The third-order valence-corrected chi connectivity index (χ3v) is 7.81. The molecule has 27 heavy (non-hydrogen) atoms. The van der Waals surface area contributed by atoms with Crippen molar-refractivity contribution in [3.63, 3.8) is 0 Å². The van der Waals surface area contributed by atoms with Gasteiger partial charge in [-0.15, -0.1) is 22.7 Å². The van der Waals surface area contributed by atoms with E-state index in [-0.39, 0.29) is 11.8 Å². The molecule has 2 amide bonds. The number of carbonyl (C=O) groups excluding carboxylic acids is 2. The smallest absolute Gasteiger partial charge is 0.266 e. The van der Waals surface area contributed by atoms with Gasteiger partial charge < -0.3 is 10.2 Å². The van der Waals surface area contributed by atoms with Gasteiger partial charge in [0.15, 0.2) is 0 Å². The summed E-state index contributed by atoms with van der Waals surface area (Å²) in [6, 6.07) is 3.70. The van der Waals surface area contributed by atoms with Crippen LogP contribution in [0.25, 0.3) is 0 Å². The molecule has 1 N–H and O–H groups in total. The van der Waals surface area contributed by atoms with E-state index >= 15 is 0 Å². The van der Waals surface area contributed by atoms with E-state index in [1.807, 2.05) is 22.4 Å². The minimum absolute atomic E-state index is 0.107.